The Balaban J connectivity index is 3.35. The molecule has 0 amide bonds. The van der Waals surface area contributed by atoms with E-state index >= 15 is 0 Å². The second-order valence-corrected chi connectivity index (χ2v) is 2.08. The zero-order valence-corrected chi connectivity index (χ0v) is 6.35. The third-order valence-electron chi connectivity index (χ3n) is 1.26. The van der Waals surface area contributed by atoms with Crippen molar-refractivity contribution >= 4 is 5.97 Å². The van der Waals surface area contributed by atoms with Crippen LogP contribution in [0.25, 0.3) is 0 Å². The van der Waals surface area contributed by atoms with Crippen LogP contribution in [0, 0.1) is 6.92 Å². The molecule has 0 radical (unpaired) electrons. The number of methoxy groups -OCH3 is 1. The van der Waals surface area contributed by atoms with Crippen molar-refractivity contribution in [3.63, 3.8) is 0 Å². The van der Waals surface area contributed by atoms with Gasteiger partial charge in [0.15, 0.2) is 0 Å². The molecule has 0 aliphatic heterocycles. The van der Waals surface area contributed by atoms with E-state index < -0.39 is 0 Å². The highest BCUT2D eigenvalue weighted by Crippen LogP contribution is 2.05. The summed E-state index contributed by atoms with van der Waals surface area (Å²) in [5.74, 6) is -0.186. The Labute approximate surface area is 61.9 Å². The van der Waals surface area contributed by atoms with E-state index in [2.05, 4.69) is 18.2 Å². The van der Waals surface area contributed by atoms with E-state index in [-0.39, 0.29) is 5.97 Å². The standard InChI is InChI=1S/C8H13O2/c1-4-7(2)5-6-8(9)10-3/h1-2,4-6H2,3H3/q+1. The molecule has 0 spiro atoms. The van der Waals surface area contributed by atoms with Crippen LogP contribution in [0.3, 0.4) is 0 Å². The van der Waals surface area contributed by atoms with Crippen LogP contribution in [0.4, 0.5) is 0 Å². The molecule has 0 bridgehead atoms. The molecule has 0 aromatic carbocycles. The second-order valence-electron chi connectivity index (χ2n) is 2.08. The molecule has 0 heterocycles. The van der Waals surface area contributed by atoms with Crippen LogP contribution in [0.15, 0.2) is 12.2 Å². The Morgan fingerprint density at radius 3 is 2.60 bits per heavy atom. The van der Waals surface area contributed by atoms with Gasteiger partial charge in [0.2, 0.25) is 0 Å². The average Bonchev–Trinajstić information content (AvgIpc) is 1.99. The van der Waals surface area contributed by atoms with Crippen LogP contribution in [-0.4, -0.2) is 13.1 Å². The second kappa shape index (κ2) is 4.91. The van der Waals surface area contributed by atoms with Gasteiger partial charge >= 0.3 is 5.97 Å². The Morgan fingerprint density at radius 2 is 2.20 bits per heavy atom. The molecular formula is C8H13O2+. The van der Waals surface area contributed by atoms with Crippen molar-refractivity contribution in [2.45, 2.75) is 19.3 Å². The van der Waals surface area contributed by atoms with Crippen molar-refractivity contribution in [2.24, 2.45) is 0 Å². The number of carbonyl (C=O) groups is 1. The summed E-state index contributed by atoms with van der Waals surface area (Å²) in [4.78, 5) is 10.5. The van der Waals surface area contributed by atoms with Crippen LogP contribution in [0.1, 0.15) is 19.3 Å². The molecule has 2 heteroatoms. The summed E-state index contributed by atoms with van der Waals surface area (Å²) in [6.45, 7) is 7.35. The minimum absolute atomic E-state index is 0.186. The van der Waals surface area contributed by atoms with Gasteiger partial charge in [0.1, 0.15) is 6.42 Å². The summed E-state index contributed by atoms with van der Waals surface area (Å²) < 4.78 is 4.44. The van der Waals surface area contributed by atoms with Crippen LogP contribution in [0.2, 0.25) is 0 Å². The van der Waals surface area contributed by atoms with Gasteiger partial charge in [-0.05, 0) is 12.0 Å². The molecule has 0 N–H and O–H groups in total. The summed E-state index contributed by atoms with van der Waals surface area (Å²) in [6.07, 6.45) is 1.80. The van der Waals surface area contributed by atoms with E-state index in [0.29, 0.717) is 19.3 Å². The van der Waals surface area contributed by atoms with Gasteiger partial charge in [-0.3, -0.25) is 4.79 Å². The molecule has 0 aromatic heterocycles. The molecular weight excluding hydrogens is 128 g/mol. The van der Waals surface area contributed by atoms with E-state index in [0.717, 1.165) is 5.57 Å². The molecule has 0 unspecified atom stereocenters. The third-order valence-corrected chi connectivity index (χ3v) is 1.26. The lowest BCUT2D eigenvalue weighted by molar-refractivity contribution is -0.140. The lowest BCUT2D eigenvalue weighted by Crippen LogP contribution is -1.99. The van der Waals surface area contributed by atoms with Gasteiger partial charge in [0, 0.05) is 6.42 Å². The predicted octanol–water partition coefficient (Wildman–Crippen LogP) is 1.72. The first-order valence-electron chi connectivity index (χ1n) is 3.23. The summed E-state index contributed by atoms with van der Waals surface area (Å²) in [5.41, 5.74) is 0.991. The van der Waals surface area contributed by atoms with Gasteiger partial charge in [-0.25, -0.2) is 0 Å². The molecule has 0 aromatic rings. The number of carbonyl (C=O) groups excluding carboxylic acids is 1. The Hall–Kier alpha value is -0.920. The summed E-state index contributed by atoms with van der Waals surface area (Å²) >= 11 is 0. The molecule has 0 aliphatic carbocycles. The monoisotopic (exact) mass is 141 g/mol. The normalized spacial score (nSPS) is 8.90. The van der Waals surface area contributed by atoms with E-state index in [1.165, 1.54) is 7.11 Å². The van der Waals surface area contributed by atoms with Crippen molar-refractivity contribution in [3.8, 4) is 0 Å². The number of hydrogen-bond donors (Lipinski definition) is 0. The first-order valence-corrected chi connectivity index (χ1v) is 3.23. The first kappa shape index (κ1) is 9.08. The van der Waals surface area contributed by atoms with Crippen molar-refractivity contribution in [1.82, 2.24) is 0 Å². The molecule has 2 nitrogen and oxygen atoms in total. The number of esters is 1. The van der Waals surface area contributed by atoms with Gasteiger partial charge in [-0.2, -0.15) is 0 Å². The number of hydrogen-bond acceptors (Lipinski definition) is 2. The highest BCUT2D eigenvalue weighted by atomic mass is 16.5. The molecule has 56 valence electrons. The molecule has 0 saturated heterocycles. The molecule has 0 saturated carbocycles. The average molecular weight is 141 g/mol. The molecule has 0 fully saturated rings. The van der Waals surface area contributed by atoms with Gasteiger partial charge in [-0.15, -0.1) is 0 Å². The quantitative estimate of drug-likeness (QED) is 0.338. The first-order chi connectivity index (χ1) is 4.70. The van der Waals surface area contributed by atoms with Gasteiger partial charge < -0.3 is 4.74 Å². The van der Waals surface area contributed by atoms with Crippen LogP contribution < -0.4 is 0 Å². The zero-order chi connectivity index (χ0) is 7.98. The predicted molar refractivity (Wildman–Crippen MR) is 40.4 cm³/mol. The molecule has 0 atom stereocenters. The summed E-state index contributed by atoms with van der Waals surface area (Å²) in [5, 5.41) is 0. The number of allylic oxidation sites excluding steroid dienone is 1. The lowest BCUT2D eigenvalue weighted by atomic mass is 10.1. The van der Waals surface area contributed by atoms with Gasteiger partial charge in [0.25, 0.3) is 0 Å². The fourth-order valence-corrected chi connectivity index (χ4v) is 0.506. The minimum atomic E-state index is -0.186. The highest BCUT2D eigenvalue weighted by Gasteiger charge is 2.01. The van der Waals surface area contributed by atoms with E-state index in [1.54, 1.807) is 0 Å². The van der Waals surface area contributed by atoms with Gasteiger partial charge in [-0.1, -0.05) is 6.58 Å². The minimum Gasteiger partial charge on any atom is -0.469 e. The maximum Gasteiger partial charge on any atom is 0.305 e. The van der Waals surface area contributed by atoms with E-state index in [4.69, 9.17) is 0 Å². The van der Waals surface area contributed by atoms with Crippen LogP contribution >= 0.6 is 0 Å². The fourth-order valence-electron chi connectivity index (χ4n) is 0.506. The fraction of sp³-hybridized carbons (Fsp3) is 0.500. The van der Waals surface area contributed by atoms with Crippen molar-refractivity contribution in [1.29, 1.82) is 0 Å². The van der Waals surface area contributed by atoms with E-state index in [9.17, 15) is 4.79 Å². The largest absolute Gasteiger partial charge is 0.469 e. The summed E-state index contributed by atoms with van der Waals surface area (Å²) in [7, 11) is 1.38. The zero-order valence-electron chi connectivity index (χ0n) is 6.35. The topological polar surface area (TPSA) is 26.3 Å². The summed E-state index contributed by atoms with van der Waals surface area (Å²) in [6, 6.07) is 0. The van der Waals surface area contributed by atoms with Crippen molar-refractivity contribution < 1.29 is 9.53 Å². The van der Waals surface area contributed by atoms with Crippen LogP contribution in [-0.2, 0) is 9.53 Å². The maximum atomic E-state index is 10.5. The molecule has 0 rings (SSSR count). The Bertz CT molecular complexity index is 111. The lowest BCUT2D eigenvalue weighted by Gasteiger charge is -1.97. The molecule has 0 aliphatic rings. The number of ether oxygens (including phenoxy) is 1. The third kappa shape index (κ3) is 4.01. The SMILES string of the molecule is C=C(C[CH2+])CCC(=O)OC. The Morgan fingerprint density at radius 1 is 1.60 bits per heavy atom. The van der Waals surface area contributed by atoms with Crippen LogP contribution in [0.5, 0.6) is 0 Å². The highest BCUT2D eigenvalue weighted by molar-refractivity contribution is 5.69. The smallest absolute Gasteiger partial charge is 0.305 e. The molecule has 10 heavy (non-hydrogen) atoms. The van der Waals surface area contributed by atoms with Gasteiger partial charge in [0.05, 0.1) is 14.0 Å². The number of rotatable bonds is 4. The maximum absolute atomic E-state index is 10.5. The Kier molecular flexibility index (Phi) is 4.46. The van der Waals surface area contributed by atoms with Crippen molar-refractivity contribution in [3.05, 3.63) is 19.1 Å². The van der Waals surface area contributed by atoms with E-state index in [1.807, 2.05) is 0 Å². The van der Waals surface area contributed by atoms with Crippen molar-refractivity contribution in [2.75, 3.05) is 7.11 Å².